The van der Waals surface area contributed by atoms with Crippen molar-refractivity contribution in [1.82, 2.24) is 4.98 Å². The molecule has 0 radical (unpaired) electrons. The maximum absolute atomic E-state index is 5.68. The summed E-state index contributed by atoms with van der Waals surface area (Å²) in [5.74, 6) is 1.60. The van der Waals surface area contributed by atoms with Gasteiger partial charge in [-0.3, -0.25) is 0 Å². The van der Waals surface area contributed by atoms with E-state index in [0.29, 0.717) is 6.54 Å². The summed E-state index contributed by atoms with van der Waals surface area (Å²) < 4.78 is 5.68. The van der Waals surface area contributed by atoms with Crippen LogP contribution in [0.1, 0.15) is 24.8 Å². The minimum absolute atomic E-state index is 0.670. The van der Waals surface area contributed by atoms with Gasteiger partial charge in [0.1, 0.15) is 0 Å². The van der Waals surface area contributed by atoms with Crippen LogP contribution in [0.3, 0.4) is 0 Å². The van der Waals surface area contributed by atoms with Gasteiger partial charge in [0.05, 0.1) is 6.20 Å². The molecule has 3 heteroatoms. The van der Waals surface area contributed by atoms with Gasteiger partial charge in [0, 0.05) is 12.0 Å². The third kappa shape index (κ3) is 2.94. The van der Waals surface area contributed by atoms with E-state index in [1.165, 1.54) is 5.56 Å². The molecule has 0 aliphatic carbocycles. The molecule has 0 aliphatic heterocycles. The number of hydrogen-bond acceptors (Lipinski definition) is 3. The highest BCUT2D eigenvalue weighted by Gasteiger charge is 2.05. The Morgan fingerprint density at radius 2 is 2.00 bits per heavy atom. The number of oxazole rings is 1. The zero-order valence-corrected chi connectivity index (χ0v) is 10.1. The van der Waals surface area contributed by atoms with Crippen molar-refractivity contribution in [3.8, 4) is 11.3 Å². The molecule has 2 aromatic rings. The van der Waals surface area contributed by atoms with Gasteiger partial charge >= 0.3 is 0 Å². The predicted octanol–water partition coefficient (Wildman–Crippen LogP) is 2.80. The van der Waals surface area contributed by atoms with Crippen LogP contribution in [0.2, 0.25) is 0 Å². The van der Waals surface area contributed by atoms with Crippen LogP contribution in [0, 0.1) is 0 Å². The van der Waals surface area contributed by atoms with E-state index in [0.717, 1.165) is 36.5 Å². The molecule has 1 heterocycles. The quantitative estimate of drug-likeness (QED) is 0.859. The van der Waals surface area contributed by atoms with Gasteiger partial charge in [0.25, 0.3) is 0 Å². The van der Waals surface area contributed by atoms with Crippen LogP contribution < -0.4 is 5.73 Å². The summed E-state index contributed by atoms with van der Waals surface area (Å²) >= 11 is 0. The van der Waals surface area contributed by atoms with Gasteiger partial charge in [0.2, 0.25) is 0 Å². The SMILES string of the molecule is CCc1ccc(-c2cnc(CCCN)o2)cc1. The Morgan fingerprint density at radius 3 is 2.65 bits per heavy atom. The number of rotatable bonds is 5. The van der Waals surface area contributed by atoms with E-state index < -0.39 is 0 Å². The number of hydrogen-bond donors (Lipinski definition) is 1. The molecule has 0 amide bonds. The third-order valence-corrected chi connectivity index (χ3v) is 2.80. The molecule has 1 aromatic carbocycles. The normalized spacial score (nSPS) is 10.7. The summed E-state index contributed by atoms with van der Waals surface area (Å²) in [6.45, 7) is 2.82. The maximum Gasteiger partial charge on any atom is 0.194 e. The summed E-state index contributed by atoms with van der Waals surface area (Å²) in [4.78, 5) is 4.25. The smallest absolute Gasteiger partial charge is 0.194 e. The van der Waals surface area contributed by atoms with Gasteiger partial charge in [-0.05, 0) is 24.9 Å². The van der Waals surface area contributed by atoms with E-state index in [2.05, 4.69) is 36.2 Å². The fraction of sp³-hybridized carbons (Fsp3) is 0.357. The number of aromatic nitrogens is 1. The van der Waals surface area contributed by atoms with Crippen LogP contribution in [-0.4, -0.2) is 11.5 Å². The first kappa shape index (κ1) is 11.9. The van der Waals surface area contributed by atoms with Crippen molar-refractivity contribution >= 4 is 0 Å². The largest absolute Gasteiger partial charge is 0.441 e. The predicted molar refractivity (Wildman–Crippen MR) is 68.7 cm³/mol. The summed E-state index contributed by atoms with van der Waals surface area (Å²) in [6.07, 6.45) is 4.56. The van der Waals surface area contributed by atoms with E-state index in [1.807, 2.05) is 0 Å². The maximum atomic E-state index is 5.68. The Hall–Kier alpha value is -1.61. The Morgan fingerprint density at radius 1 is 1.24 bits per heavy atom. The van der Waals surface area contributed by atoms with Crippen LogP contribution in [0.5, 0.6) is 0 Å². The van der Waals surface area contributed by atoms with Crippen molar-refractivity contribution in [2.24, 2.45) is 5.73 Å². The first-order chi connectivity index (χ1) is 8.33. The lowest BCUT2D eigenvalue weighted by molar-refractivity contribution is 0.499. The van der Waals surface area contributed by atoms with Gasteiger partial charge in [0.15, 0.2) is 11.7 Å². The number of aryl methyl sites for hydroxylation is 2. The standard InChI is InChI=1S/C14H18N2O/c1-2-11-5-7-12(8-6-11)13-10-16-14(17-13)4-3-9-15/h5-8,10H,2-4,9,15H2,1H3. The topological polar surface area (TPSA) is 52.0 Å². The molecular weight excluding hydrogens is 212 g/mol. The molecule has 0 fully saturated rings. The molecule has 0 saturated heterocycles. The molecule has 17 heavy (non-hydrogen) atoms. The second kappa shape index (κ2) is 5.64. The van der Waals surface area contributed by atoms with Crippen molar-refractivity contribution in [2.75, 3.05) is 6.54 Å². The van der Waals surface area contributed by atoms with Crippen LogP contribution in [0.15, 0.2) is 34.9 Å². The first-order valence-corrected chi connectivity index (χ1v) is 6.07. The molecule has 0 spiro atoms. The fourth-order valence-electron chi connectivity index (χ4n) is 1.72. The molecule has 0 atom stereocenters. The van der Waals surface area contributed by atoms with E-state index in [1.54, 1.807) is 6.20 Å². The van der Waals surface area contributed by atoms with Crippen LogP contribution in [-0.2, 0) is 12.8 Å². The molecule has 0 unspecified atom stereocenters. The monoisotopic (exact) mass is 230 g/mol. The Labute approximate surface area is 102 Å². The number of nitrogens with two attached hydrogens (primary N) is 1. The summed E-state index contributed by atoms with van der Waals surface area (Å²) in [6, 6.07) is 8.40. The zero-order valence-electron chi connectivity index (χ0n) is 10.1. The molecule has 2 rings (SSSR count). The Kier molecular flexibility index (Phi) is 3.94. The molecule has 90 valence electrons. The molecule has 2 N–H and O–H groups in total. The highest BCUT2D eigenvalue weighted by Crippen LogP contribution is 2.21. The molecular formula is C14H18N2O. The second-order valence-corrected chi connectivity index (χ2v) is 4.06. The van der Waals surface area contributed by atoms with Gasteiger partial charge in [-0.25, -0.2) is 4.98 Å². The molecule has 0 aliphatic rings. The van der Waals surface area contributed by atoms with Crippen LogP contribution in [0.25, 0.3) is 11.3 Å². The van der Waals surface area contributed by atoms with Gasteiger partial charge in [-0.2, -0.15) is 0 Å². The third-order valence-electron chi connectivity index (χ3n) is 2.80. The van der Waals surface area contributed by atoms with E-state index in [9.17, 15) is 0 Å². The highest BCUT2D eigenvalue weighted by atomic mass is 16.4. The fourth-order valence-corrected chi connectivity index (χ4v) is 1.72. The van der Waals surface area contributed by atoms with Gasteiger partial charge in [-0.15, -0.1) is 0 Å². The van der Waals surface area contributed by atoms with Gasteiger partial charge < -0.3 is 10.2 Å². The minimum Gasteiger partial charge on any atom is -0.441 e. The highest BCUT2D eigenvalue weighted by molar-refractivity contribution is 5.56. The van der Waals surface area contributed by atoms with E-state index in [4.69, 9.17) is 10.2 Å². The molecule has 0 bridgehead atoms. The molecule has 3 nitrogen and oxygen atoms in total. The Balaban J connectivity index is 2.12. The van der Waals surface area contributed by atoms with Crippen molar-refractivity contribution in [2.45, 2.75) is 26.2 Å². The number of benzene rings is 1. The molecule has 0 saturated carbocycles. The van der Waals surface area contributed by atoms with Crippen LogP contribution >= 0.6 is 0 Å². The average molecular weight is 230 g/mol. The lowest BCUT2D eigenvalue weighted by Crippen LogP contribution is -2.00. The second-order valence-electron chi connectivity index (χ2n) is 4.06. The lowest BCUT2D eigenvalue weighted by atomic mass is 10.1. The number of nitrogens with zero attached hydrogens (tertiary/aromatic N) is 1. The first-order valence-electron chi connectivity index (χ1n) is 6.07. The van der Waals surface area contributed by atoms with Crippen molar-refractivity contribution < 1.29 is 4.42 Å². The van der Waals surface area contributed by atoms with E-state index in [-0.39, 0.29) is 0 Å². The summed E-state index contributed by atoms with van der Waals surface area (Å²) in [7, 11) is 0. The Bertz CT molecular complexity index is 459. The summed E-state index contributed by atoms with van der Waals surface area (Å²) in [5.41, 5.74) is 7.86. The molecule has 1 aromatic heterocycles. The zero-order chi connectivity index (χ0) is 12.1. The van der Waals surface area contributed by atoms with Gasteiger partial charge in [-0.1, -0.05) is 31.2 Å². The van der Waals surface area contributed by atoms with Crippen molar-refractivity contribution in [1.29, 1.82) is 0 Å². The summed E-state index contributed by atoms with van der Waals surface area (Å²) in [5, 5.41) is 0. The van der Waals surface area contributed by atoms with Crippen LogP contribution in [0.4, 0.5) is 0 Å². The minimum atomic E-state index is 0.670. The lowest BCUT2D eigenvalue weighted by Gasteiger charge is -1.98. The van der Waals surface area contributed by atoms with Crippen molar-refractivity contribution in [3.63, 3.8) is 0 Å². The van der Waals surface area contributed by atoms with E-state index >= 15 is 0 Å². The average Bonchev–Trinajstić information content (AvgIpc) is 2.85. The van der Waals surface area contributed by atoms with Crippen molar-refractivity contribution in [3.05, 3.63) is 41.9 Å².